The number of hydrogen-bond donors (Lipinski definition) is 0. The van der Waals surface area contributed by atoms with Crippen LogP contribution in [0, 0.1) is 0 Å². The Hall–Kier alpha value is -2.73. The van der Waals surface area contributed by atoms with Crippen molar-refractivity contribution in [3.63, 3.8) is 0 Å². The van der Waals surface area contributed by atoms with Gasteiger partial charge >= 0.3 is 0 Å². The number of carbonyl (C=O) groups is 1. The summed E-state index contributed by atoms with van der Waals surface area (Å²) < 4.78 is 7.89. The van der Waals surface area contributed by atoms with Crippen LogP contribution >= 0.6 is 0 Å². The number of rotatable bonds is 8. The molecule has 26 heavy (non-hydrogen) atoms. The predicted octanol–water partition coefficient (Wildman–Crippen LogP) is 3.01. The maximum Gasteiger partial charge on any atom is 0.180 e. The van der Waals surface area contributed by atoms with Crippen LogP contribution < -0.4 is 4.74 Å². The normalized spacial score (nSPS) is 11.2. The molecule has 0 spiro atoms. The van der Waals surface area contributed by atoms with Crippen LogP contribution in [0.5, 0.6) is 5.75 Å². The largest absolute Gasteiger partial charge is 0.492 e. The van der Waals surface area contributed by atoms with Gasteiger partial charge in [0.15, 0.2) is 11.4 Å². The molecule has 0 unspecified atom stereocenters. The van der Waals surface area contributed by atoms with E-state index < -0.39 is 0 Å². The highest BCUT2D eigenvalue weighted by Gasteiger charge is 2.12. The highest BCUT2D eigenvalue weighted by Crippen LogP contribution is 2.21. The van der Waals surface area contributed by atoms with Crippen molar-refractivity contribution in [1.29, 1.82) is 0 Å². The molecule has 2 heterocycles. The third kappa shape index (κ3) is 4.08. The van der Waals surface area contributed by atoms with Crippen molar-refractivity contribution >= 4 is 16.9 Å². The summed E-state index contributed by atoms with van der Waals surface area (Å²) in [6.45, 7) is 3.91. The smallest absolute Gasteiger partial charge is 0.180 e. The quantitative estimate of drug-likeness (QED) is 0.583. The number of Topliss-reactive ketones (excluding diaryl/α,β-unsaturated/α-hetero) is 1. The van der Waals surface area contributed by atoms with Crippen LogP contribution in [0.15, 0.2) is 42.7 Å². The van der Waals surface area contributed by atoms with Gasteiger partial charge in [0.1, 0.15) is 23.6 Å². The van der Waals surface area contributed by atoms with Crippen LogP contribution in [0.25, 0.3) is 11.2 Å². The minimum atomic E-state index is 0.0343. The zero-order chi connectivity index (χ0) is 18.5. The number of ketones is 1. The molecular formula is C20H24N4O2. The monoisotopic (exact) mass is 352 g/mol. The first-order valence-corrected chi connectivity index (χ1v) is 8.79. The van der Waals surface area contributed by atoms with Crippen molar-refractivity contribution in [2.24, 2.45) is 0 Å². The molecule has 2 aromatic heterocycles. The molecule has 0 radical (unpaired) electrons. The highest BCUT2D eigenvalue weighted by atomic mass is 16.5. The summed E-state index contributed by atoms with van der Waals surface area (Å²) >= 11 is 0. The Bertz CT molecular complexity index is 902. The van der Waals surface area contributed by atoms with Gasteiger partial charge in [-0.3, -0.25) is 4.79 Å². The standard InChI is InChI=1S/C20H24N4O2/c1-4-18(25)16-9-10-17-20(22-16)24(14-21-17)13-15-7-5-6-8-19(15)26-12-11-23(2)3/h5-10,14H,4,11-13H2,1-3H3. The summed E-state index contributed by atoms with van der Waals surface area (Å²) in [5.41, 5.74) is 3.04. The molecule has 0 amide bonds. The van der Waals surface area contributed by atoms with Crippen LogP contribution in [-0.2, 0) is 6.54 Å². The Balaban J connectivity index is 1.86. The average Bonchev–Trinajstić information content (AvgIpc) is 3.04. The molecule has 0 saturated heterocycles. The third-order valence-corrected chi connectivity index (χ3v) is 4.18. The number of benzene rings is 1. The Morgan fingerprint density at radius 2 is 2.00 bits per heavy atom. The molecule has 6 heteroatoms. The van der Waals surface area contributed by atoms with Crippen LogP contribution in [0.2, 0.25) is 0 Å². The predicted molar refractivity (Wildman–Crippen MR) is 102 cm³/mol. The van der Waals surface area contributed by atoms with Gasteiger partial charge < -0.3 is 14.2 Å². The van der Waals surface area contributed by atoms with Gasteiger partial charge in [0.2, 0.25) is 0 Å². The van der Waals surface area contributed by atoms with Gasteiger partial charge in [-0.05, 0) is 32.3 Å². The van der Waals surface area contributed by atoms with Gasteiger partial charge in [0, 0.05) is 18.5 Å². The highest BCUT2D eigenvalue weighted by molar-refractivity contribution is 5.95. The van der Waals surface area contributed by atoms with E-state index in [9.17, 15) is 4.79 Å². The number of aromatic nitrogens is 3. The van der Waals surface area contributed by atoms with Gasteiger partial charge in [-0.1, -0.05) is 25.1 Å². The number of nitrogens with zero attached hydrogens (tertiary/aromatic N) is 4. The molecule has 3 aromatic rings. The number of para-hydroxylation sites is 1. The molecular weight excluding hydrogens is 328 g/mol. The molecule has 0 aliphatic rings. The number of hydrogen-bond acceptors (Lipinski definition) is 5. The number of imidazole rings is 1. The molecule has 3 rings (SSSR count). The first-order chi connectivity index (χ1) is 12.6. The fourth-order valence-corrected chi connectivity index (χ4v) is 2.69. The molecule has 1 aromatic carbocycles. The Labute approximate surface area is 153 Å². The zero-order valence-electron chi connectivity index (χ0n) is 15.5. The molecule has 6 nitrogen and oxygen atoms in total. The molecule has 0 N–H and O–H groups in total. The topological polar surface area (TPSA) is 60.3 Å². The van der Waals surface area contributed by atoms with E-state index >= 15 is 0 Å². The summed E-state index contributed by atoms with van der Waals surface area (Å²) in [4.78, 5) is 23.0. The van der Waals surface area contributed by atoms with Crippen molar-refractivity contribution in [1.82, 2.24) is 19.4 Å². The molecule has 136 valence electrons. The van der Waals surface area contributed by atoms with E-state index in [4.69, 9.17) is 4.74 Å². The molecule has 0 bridgehead atoms. The minimum Gasteiger partial charge on any atom is -0.492 e. The Morgan fingerprint density at radius 3 is 2.77 bits per heavy atom. The van der Waals surface area contributed by atoms with E-state index in [1.807, 2.05) is 55.9 Å². The molecule has 0 atom stereocenters. The number of fused-ring (bicyclic) bond motifs is 1. The minimum absolute atomic E-state index is 0.0343. The summed E-state index contributed by atoms with van der Waals surface area (Å²) in [5, 5.41) is 0. The third-order valence-electron chi connectivity index (χ3n) is 4.18. The van der Waals surface area contributed by atoms with Gasteiger partial charge in [-0.2, -0.15) is 0 Å². The zero-order valence-corrected chi connectivity index (χ0v) is 15.5. The second-order valence-electron chi connectivity index (χ2n) is 6.45. The fraction of sp³-hybridized carbons (Fsp3) is 0.350. The van der Waals surface area contributed by atoms with E-state index in [1.54, 1.807) is 12.4 Å². The maximum atomic E-state index is 12.0. The molecule has 0 aliphatic heterocycles. The van der Waals surface area contributed by atoms with E-state index in [0.29, 0.717) is 30.9 Å². The van der Waals surface area contributed by atoms with E-state index in [0.717, 1.165) is 23.4 Å². The lowest BCUT2D eigenvalue weighted by atomic mass is 10.2. The molecule has 0 aliphatic carbocycles. The fourth-order valence-electron chi connectivity index (χ4n) is 2.69. The summed E-state index contributed by atoms with van der Waals surface area (Å²) in [5.74, 6) is 0.893. The Morgan fingerprint density at radius 1 is 1.19 bits per heavy atom. The number of carbonyl (C=O) groups excluding carboxylic acids is 1. The first kappa shape index (κ1) is 18.1. The van der Waals surface area contributed by atoms with E-state index in [-0.39, 0.29) is 5.78 Å². The van der Waals surface area contributed by atoms with E-state index in [2.05, 4.69) is 14.9 Å². The molecule has 0 fully saturated rings. The van der Waals surface area contributed by atoms with Crippen molar-refractivity contribution < 1.29 is 9.53 Å². The summed E-state index contributed by atoms with van der Waals surface area (Å²) in [7, 11) is 4.04. The number of ether oxygens (including phenoxy) is 1. The van der Waals surface area contributed by atoms with E-state index in [1.165, 1.54) is 0 Å². The lowest BCUT2D eigenvalue weighted by molar-refractivity contribution is 0.0983. The maximum absolute atomic E-state index is 12.0. The first-order valence-electron chi connectivity index (χ1n) is 8.79. The van der Waals surface area contributed by atoms with Crippen molar-refractivity contribution in [3.05, 3.63) is 54.0 Å². The van der Waals surface area contributed by atoms with Gasteiger partial charge in [0.25, 0.3) is 0 Å². The van der Waals surface area contributed by atoms with Gasteiger partial charge in [-0.25, -0.2) is 9.97 Å². The lowest BCUT2D eigenvalue weighted by Crippen LogP contribution is -2.19. The van der Waals surface area contributed by atoms with Crippen molar-refractivity contribution in [2.45, 2.75) is 19.9 Å². The second kappa shape index (κ2) is 8.10. The number of likely N-dealkylation sites (N-methyl/N-ethyl adjacent to an activating group) is 1. The van der Waals surface area contributed by atoms with Crippen LogP contribution in [0.1, 0.15) is 29.4 Å². The van der Waals surface area contributed by atoms with Crippen molar-refractivity contribution in [3.8, 4) is 5.75 Å². The number of pyridine rings is 1. The summed E-state index contributed by atoms with van der Waals surface area (Å²) in [6.07, 6.45) is 2.20. The Kier molecular flexibility index (Phi) is 5.63. The van der Waals surface area contributed by atoms with Crippen molar-refractivity contribution in [2.75, 3.05) is 27.2 Å². The summed E-state index contributed by atoms with van der Waals surface area (Å²) in [6, 6.07) is 11.6. The van der Waals surface area contributed by atoms with Gasteiger partial charge in [0.05, 0.1) is 12.9 Å². The lowest BCUT2D eigenvalue weighted by Gasteiger charge is -2.14. The molecule has 0 saturated carbocycles. The van der Waals surface area contributed by atoms with Crippen LogP contribution in [0.3, 0.4) is 0 Å². The second-order valence-corrected chi connectivity index (χ2v) is 6.45. The van der Waals surface area contributed by atoms with Crippen LogP contribution in [0.4, 0.5) is 0 Å². The van der Waals surface area contributed by atoms with Gasteiger partial charge in [-0.15, -0.1) is 0 Å². The average molecular weight is 352 g/mol. The van der Waals surface area contributed by atoms with Crippen LogP contribution in [-0.4, -0.2) is 52.5 Å². The SMILES string of the molecule is CCC(=O)c1ccc2ncn(Cc3ccccc3OCCN(C)C)c2n1.